The van der Waals surface area contributed by atoms with Gasteiger partial charge >= 0.3 is 0 Å². The van der Waals surface area contributed by atoms with E-state index in [1.165, 1.54) is 0 Å². The van der Waals surface area contributed by atoms with Gasteiger partial charge in [0.1, 0.15) is 11.6 Å². The van der Waals surface area contributed by atoms with Crippen molar-refractivity contribution in [3.8, 4) is 0 Å². The van der Waals surface area contributed by atoms with Crippen LogP contribution in [-0.2, 0) is 0 Å². The molecule has 0 aromatic carbocycles. The van der Waals surface area contributed by atoms with Crippen LogP contribution < -0.4 is 5.73 Å². The predicted octanol–water partition coefficient (Wildman–Crippen LogP) is 1.90. The van der Waals surface area contributed by atoms with Crippen LogP contribution in [0.3, 0.4) is 0 Å². The molecule has 1 unspecified atom stereocenters. The highest BCUT2D eigenvalue weighted by Gasteiger charge is 2.35. The van der Waals surface area contributed by atoms with Gasteiger partial charge in [0.25, 0.3) is 5.91 Å². The fraction of sp³-hybridized carbons (Fsp3) is 0.467. The normalized spacial score (nSPS) is 21.3. The molecule has 0 radical (unpaired) electrons. The van der Waals surface area contributed by atoms with Crippen molar-refractivity contribution in [2.45, 2.75) is 37.6 Å². The third-order valence-corrected chi connectivity index (χ3v) is 4.29. The van der Waals surface area contributed by atoms with Crippen LogP contribution in [0, 0.1) is 0 Å². The molecule has 2 aromatic rings. The van der Waals surface area contributed by atoms with Crippen molar-refractivity contribution < 1.29 is 9.32 Å². The van der Waals surface area contributed by atoms with E-state index in [4.69, 9.17) is 10.3 Å². The van der Waals surface area contributed by atoms with Gasteiger partial charge in [-0.2, -0.15) is 5.10 Å². The molecule has 0 spiro atoms. The quantitative estimate of drug-likeness (QED) is 0.929. The Morgan fingerprint density at radius 2 is 2.14 bits per heavy atom. The van der Waals surface area contributed by atoms with Crippen LogP contribution in [0.25, 0.3) is 0 Å². The summed E-state index contributed by atoms with van der Waals surface area (Å²) in [5, 5.41) is 11.9. The van der Waals surface area contributed by atoms with Gasteiger partial charge in [0.15, 0.2) is 5.69 Å². The summed E-state index contributed by atoms with van der Waals surface area (Å²) in [7, 11) is 0. The molecule has 7 heteroatoms. The van der Waals surface area contributed by atoms with E-state index in [1.54, 1.807) is 17.0 Å². The molecule has 2 aromatic heterocycles. The molecule has 114 valence electrons. The maximum atomic E-state index is 12.7. The first-order chi connectivity index (χ1) is 10.7. The average Bonchev–Trinajstić information content (AvgIpc) is 3.08. The van der Waals surface area contributed by atoms with Gasteiger partial charge in [0, 0.05) is 18.5 Å². The van der Waals surface area contributed by atoms with Crippen LogP contribution in [0.2, 0.25) is 0 Å². The van der Waals surface area contributed by atoms with Crippen molar-refractivity contribution >= 4 is 11.7 Å². The highest BCUT2D eigenvalue weighted by atomic mass is 16.5. The molecular formula is C15H17N5O2. The molecule has 2 aliphatic rings. The molecule has 0 bridgehead atoms. The second kappa shape index (κ2) is 5.08. The van der Waals surface area contributed by atoms with Crippen molar-refractivity contribution in [1.29, 1.82) is 0 Å². The third-order valence-electron chi connectivity index (χ3n) is 4.29. The minimum Gasteiger partial charge on any atom is -0.382 e. The highest BCUT2D eigenvalue weighted by molar-refractivity contribution is 5.92. The van der Waals surface area contributed by atoms with Crippen molar-refractivity contribution in [3.63, 3.8) is 0 Å². The van der Waals surface area contributed by atoms with Crippen molar-refractivity contribution in [2.75, 3.05) is 12.3 Å². The van der Waals surface area contributed by atoms with Gasteiger partial charge in [-0.25, -0.2) is 0 Å². The van der Waals surface area contributed by atoms with Crippen LogP contribution in [0.15, 0.2) is 22.7 Å². The van der Waals surface area contributed by atoms with E-state index in [0.717, 1.165) is 37.1 Å². The SMILES string of the molecule is Nc1ccc(C2CCCN2C(=O)c2cc(C3CC3)on2)nn1. The second-order valence-corrected chi connectivity index (χ2v) is 5.93. The van der Waals surface area contributed by atoms with E-state index in [1.807, 2.05) is 6.07 Å². The van der Waals surface area contributed by atoms with E-state index in [0.29, 0.717) is 24.0 Å². The molecule has 3 heterocycles. The number of nitrogens with zero attached hydrogens (tertiary/aromatic N) is 4. The topological polar surface area (TPSA) is 98.1 Å². The zero-order chi connectivity index (χ0) is 15.1. The zero-order valence-corrected chi connectivity index (χ0v) is 12.1. The number of nitrogens with two attached hydrogens (primary N) is 1. The van der Waals surface area contributed by atoms with E-state index < -0.39 is 0 Å². The lowest BCUT2D eigenvalue weighted by atomic mass is 10.1. The minimum atomic E-state index is -0.100. The van der Waals surface area contributed by atoms with Gasteiger partial charge < -0.3 is 15.2 Å². The van der Waals surface area contributed by atoms with Gasteiger partial charge in [-0.1, -0.05) is 5.16 Å². The Bertz CT molecular complexity index is 692. The number of amides is 1. The van der Waals surface area contributed by atoms with Gasteiger partial charge in [-0.15, -0.1) is 5.10 Å². The summed E-state index contributed by atoms with van der Waals surface area (Å²) >= 11 is 0. The summed E-state index contributed by atoms with van der Waals surface area (Å²) in [6.07, 6.45) is 4.06. The maximum Gasteiger partial charge on any atom is 0.276 e. The monoisotopic (exact) mass is 299 g/mol. The summed E-state index contributed by atoms with van der Waals surface area (Å²) < 4.78 is 5.28. The first-order valence-corrected chi connectivity index (χ1v) is 7.59. The van der Waals surface area contributed by atoms with Crippen LogP contribution in [0.5, 0.6) is 0 Å². The molecule has 4 rings (SSSR count). The molecule has 1 aliphatic carbocycles. The molecule has 22 heavy (non-hydrogen) atoms. The molecular weight excluding hydrogens is 282 g/mol. The Balaban J connectivity index is 1.56. The van der Waals surface area contributed by atoms with Crippen molar-refractivity contribution in [1.82, 2.24) is 20.3 Å². The first kappa shape index (κ1) is 13.2. The number of hydrogen-bond donors (Lipinski definition) is 1. The number of anilines is 1. The molecule has 1 atom stereocenters. The second-order valence-electron chi connectivity index (χ2n) is 5.93. The molecule has 1 saturated heterocycles. The summed E-state index contributed by atoms with van der Waals surface area (Å²) in [5.74, 6) is 1.56. The Morgan fingerprint density at radius 1 is 1.27 bits per heavy atom. The third kappa shape index (κ3) is 2.32. The lowest BCUT2D eigenvalue weighted by Gasteiger charge is -2.22. The van der Waals surface area contributed by atoms with E-state index in [2.05, 4.69) is 15.4 Å². The van der Waals surface area contributed by atoms with Crippen molar-refractivity contribution in [2.24, 2.45) is 0 Å². The van der Waals surface area contributed by atoms with Crippen molar-refractivity contribution in [3.05, 3.63) is 35.3 Å². The maximum absolute atomic E-state index is 12.7. The van der Waals surface area contributed by atoms with Gasteiger partial charge in [0.2, 0.25) is 0 Å². The summed E-state index contributed by atoms with van der Waals surface area (Å²) in [6.45, 7) is 0.696. The number of carbonyl (C=O) groups is 1. The Kier molecular flexibility index (Phi) is 3.06. The van der Waals surface area contributed by atoms with E-state index >= 15 is 0 Å². The molecule has 1 amide bonds. The number of aromatic nitrogens is 3. The molecule has 2 fully saturated rings. The first-order valence-electron chi connectivity index (χ1n) is 7.59. The average molecular weight is 299 g/mol. The van der Waals surface area contributed by atoms with E-state index in [9.17, 15) is 4.79 Å². The zero-order valence-electron chi connectivity index (χ0n) is 12.1. The lowest BCUT2D eigenvalue weighted by Crippen LogP contribution is -2.31. The number of likely N-dealkylation sites (tertiary alicyclic amines) is 1. The fourth-order valence-corrected chi connectivity index (χ4v) is 2.95. The highest BCUT2D eigenvalue weighted by Crippen LogP contribution is 2.40. The number of carbonyl (C=O) groups excluding carboxylic acids is 1. The van der Waals surface area contributed by atoms with Gasteiger partial charge in [-0.05, 0) is 37.8 Å². The van der Waals surface area contributed by atoms with Crippen LogP contribution in [0.4, 0.5) is 5.82 Å². The Morgan fingerprint density at radius 3 is 2.86 bits per heavy atom. The van der Waals surface area contributed by atoms with Crippen LogP contribution >= 0.6 is 0 Å². The standard InChI is InChI=1S/C15H17N5O2/c16-14-6-5-10(17-18-14)12-2-1-7-20(12)15(21)11-8-13(22-19-11)9-3-4-9/h5-6,8-9,12H,1-4,7H2,(H2,16,18). The molecule has 2 N–H and O–H groups in total. The van der Waals surface area contributed by atoms with Gasteiger partial charge in [0.05, 0.1) is 11.7 Å². The summed E-state index contributed by atoms with van der Waals surface area (Å²) in [5.41, 5.74) is 6.73. The predicted molar refractivity (Wildman–Crippen MR) is 77.9 cm³/mol. The summed E-state index contributed by atoms with van der Waals surface area (Å²) in [4.78, 5) is 14.5. The molecule has 1 saturated carbocycles. The fourth-order valence-electron chi connectivity index (χ4n) is 2.95. The Labute approximate surface area is 127 Å². The lowest BCUT2D eigenvalue weighted by molar-refractivity contribution is 0.0721. The van der Waals surface area contributed by atoms with Crippen LogP contribution in [0.1, 0.15) is 59.6 Å². The smallest absolute Gasteiger partial charge is 0.276 e. The van der Waals surface area contributed by atoms with Crippen LogP contribution in [-0.4, -0.2) is 32.7 Å². The van der Waals surface area contributed by atoms with E-state index in [-0.39, 0.29) is 11.9 Å². The molecule has 7 nitrogen and oxygen atoms in total. The minimum absolute atomic E-state index is 0.0679. The largest absolute Gasteiger partial charge is 0.382 e. The summed E-state index contributed by atoms with van der Waals surface area (Å²) in [6, 6.07) is 5.26. The van der Waals surface area contributed by atoms with Gasteiger partial charge in [-0.3, -0.25) is 4.79 Å². The molecule has 1 aliphatic heterocycles. The number of rotatable bonds is 3. The number of hydrogen-bond acceptors (Lipinski definition) is 6. The Hall–Kier alpha value is -2.44. The number of nitrogen functional groups attached to an aromatic ring is 1.